The molecule has 0 aromatic heterocycles. The number of carboxylic acids is 2. The first-order valence-electron chi connectivity index (χ1n) is 6.05. The summed E-state index contributed by atoms with van der Waals surface area (Å²) in [4.78, 5) is 43.9. The Bertz CT molecular complexity index is 384. The maximum Gasteiger partial charge on any atom is 0.322 e. The lowest BCUT2D eigenvalue weighted by molar-refractivity contribution is -0.139. The number of hydrogen-bond donors (Lipinski definition) is 5. The molecule has 2 atom stereocenters. The van der Waals surface area contributed by atoms with E-state index < -0.39 is 42.4 Å². The predicted octanol–water partition coefficient (Wildman–Crippen LogP) is -1.73. The van der Waals surface area contributed by atoms with E-state index in [4.69, 9.17) is 15.9 Å². The molecule has 0 aliphatic carbocycles. The lowest BCUT2D eigenvalue weighted by Crippen LogP contribution is -2.47. The summed E-state index contributed by atoms with van der Waals surface area (Å²) in [5, 5.41) is 21.5. The first kappa shape index (κ1) is 17.8. The smallest absolute Gasteiger partial charge is 0.322 e. The fourth-order valence-electron chi connectivity index (χ4n) is 1.32. The summed E-state index contributed by atoms with van der Waals surface area (Å²) in [7, 11) is 0. The van der Waals surface area contributed by atoms with Crippen molar-refractivity contribution >= 4 is 23.8 Å². The molecule has 0 bridgehead atoms. The van der Waals surface area contributed by atoms with Crippen molar-refractivity contribution in [3.63, 3.8) is 0 Å². The molecule has 0 saturated heterocycles. The van der Waals surface area contributed by atoms with E-state index in [0.717, 1.165) is 0 Å². The third-order valence-corrected chi connectivity index (χ3v) is 2.47. The van der Waals surface area contributed by atoms with Gasteiger partial charge in [-0.3, -0.25) is 19.2 Å². The van der Waals surface area contributed by atoms with Crippen LogP contribution in [0, 0.1) is 0 Å². The number of aliphatic carboxylic acids is 2. The molecule has 1 unspecified atom stereocenters. The van der Waals surface area contributed by atoms with Gasteiger partial charge in [0.2, 0.25) is 11.8 Å². The van der Waals surface area contributed by atoms with E-state index in [9.17, 15) is 19.2 Å². The number of amides is 2. The van der Waals surface area contributed by atoms with Gasteiger partial charge in [0.25, 0.3) is 0 Å². The Morgan fingerprint density at radius 2 is 1.80 bits per heavy atom. The van der Waals surface area contributed by atoms with E-state index in [0.29, 0.717) is 0 Å². The van der Waals surface area contributed by atoms with Crippen molar-refractivity contribution < 1.29 is 29.4 Å². The minimum absolute atomic E-state index is 0.0473. The standard InChI is InChI=1S/C11H19N3O6/c1-2-7(10(18)13-5-9(16)17)14-8(15)4-3-6(12)11(19)20/h6-7H,2-5,12H2,1H3,(H,13,18)(H,14,15)(H,16,17)(H,19,20)/t6?,7-/m0/s1. The summed E-state index contributed by atoms with van der Waals surface area (Å²) >= 11 is 0. The molecule has 0 aliphatic rings. The van der Waals surface area contributed by atoms with Crippen molar-refractivity contribution in [2.45, 2.75) is 38.3 Å². The number of carbonyl (C=O) groups is 4. The van der Waals surface area contributed by atoms with Gasteiger partial charge in [-0.05, 0) is 12.8 Å². The first-order chi connectivity index (χ1) is 9.27. The molecule has 6 N–H and O–H groups in total. The minimum atomic E-state index is -1.20. The average molecular weight is 289 g/mol. The van der Waals surface area contributed by atoms with Crippen LogP contribution < -0.4 is 16.4 Å². The Kier molecular flexibility index (Phi) is 7.90. The van der Waals surface area contributed by atoms with Crippen LogP contribution in [0.1, 0.15) is 26.2 Å². The number of nitrogens with one attached hydrogen (secondary N) is 2. The largest absolute Gasteiger partial charge is 0.480 e. The Labute approximate surface area is 115 Å². The van der Waals surface area contributed by atoms with E-state index in [1.807, 2.05) is 0 Å². The van der Waals surface area contributed by atoms with Crippen molar-refractivity contribution in [3.05, 3.63) is 0 Å². The minimum Gasteiger partial charge on any atom is -0.480 e. The zero-order chi connectivity index (χ0) is 15.7. The van der Waals surface area contributed by atoms with E-state index >= 15 is 0 Å². The molecule has 9 heteroatoms. The Hall–Kier alpha value is -2.16. The molecular weight excluding hydrogens is 270 g/mol. The van der Waals surface area contributed by atoms with Crippen LogP contribution in [0.4, 0.5) is 0 Å². The highest BCUT2D eigenvalue weighted by Crippen LogP contribution is 1.98. The van der Waals surface area contributed by atoms with Gasteiger partial charge < -0.3 is 26.6 Å². The van der Waals surface area contributed by atoms with Crippen LogP contribution in [-0.4, -0.2) is 52.6 Å². The highest BCUT2D eigenvalue weighted by Gasteiger charge is 2.20. The zero-order valence-corrected chi connectivity index (χ0v) is 11.1. The van der Waals surface area contributed by atoms with Crippen molar-refractivity contribution in [1.29, 1.82) is 0 Å². The monoisotopic (exact) mass is 289 g/mol. The molecule has 0 heterocycles. The van der Waals surface area contributed by atoms with Crippen LogP contribution in [0.3, 0.4) is 0 Å². The molecule has 9 nitrogen and oxygen atoms in total. The second-order valence-electron chi connectivity index (χ2n) is 4.12. The van der Waals surface area contributed by atoms with Crippen molar-refractivity contribution in [2.24, 2.45) is 5.73 Å². The van der Waals surface area contributed by atoms with Gasteiger partial charge >= 0.3 is 11.9 Å². The van der Waals surface area contributed by atoms with Crippen molar-refractivity contribution in [1.82, 2.24) is 10.6 Å². The van der Waals surface area contributed by atoms with Crippen LogP contribution in [0.15, 0.2) is 0 Å². The number of hydrogen-bond acceptors (Lipinski definition) is 5. The fraction of sp³-hybridized carbons (Fsp3) is 0.636. The predicted molar refractivity (Wildman–Crippen MR) is 67.7 cm³/mol. The maximum absolute atomic E-state index is 11.6. The quantitative estimate of drug-likeness (QED) is 0.337. The van der Waals surface area contributed by atoms with Crippen LogP contribution in [-0.2, 0) is 19.2 Å². The summed E-state index contributed by atoms with van der Waals surface area (Å²) in [5.41, 5.74) is 5.24. The average Bonchev–Trinajstić information content (AvgIpc) is 2.38. The van der Waals surface area contributed by atoms with Gasteiger partial charge in [-0.1, -0.05) is 6.92 Å². The summed E-state index contributed by atoms with van der Waals surface area (Å²) in [6, 6.07) is -2.00. The molecule has 0 spiro atoms. The van der Waals surface area contributed by atoms with E-state index in [1.165, 1.54) is 0 Å². The Morgan fingerprint density at radius 3 is 2.25 bits per heavy atom. The van der Waals surface area contributed by atoms with Gasteiger partial charge in [0, 0.05) is 6.42 Å². The molecule has 0 saturated carbocycles. The topological polar surface area (TPSA) is 159 Å². The van der Waals surface area contributed by atoms with Crippen LogP contribution in [0.5, 0.6) is 0 Å². The van der Waals surface area contributed by atoms with Crippen LogP contribution in [0.2, 0.25) is 0 Å². The molecule has 0 aliphatic heterocycles. The number of rotatable bonds is 9. The van der Waals surface area contributed by atoms with Gasteiger partial charge in [0.1, 0.15) is 18.6 Å². The second kappa shape index (κ2) is 8.86. The van der Waals surface area contributed by atoms with Gasteiger partial charge in [-0.2, -0.15) is 0 Å². The van der Waals surface area contributed by atoms with E-state index in [-0.39, 0.29) is 19.3 Å². The molecule has 0 radical (unpaired) electrons. The lowest BCUT2D eigenvalue weighted by atomic mass is 10.1. The highest BCUT2D eigenvalue weighted by atomic mass is 16.4. The number of carbonyl (C=O) groups excluding carboxylic acids is 2. The van der Waals surface area contributed by atoms with Crippen LogP contribution >= 0.6 is 0 Å². The van der Waals surface area contributed by atoms with Gasteiger partial charge in [-0.15, -0.1) is 0 Å². The van der Waals surface area contributed by atoms with Gasteiger partial charge in [0.15, 0.2) is 0 Å². The summed E-state index contributed by atoms with van der Waals surface area (Å²) in [5.74, 6) is -3.51. The fourth-order valence-corrected chi connectivity index (χ4v) is 1.32. The molecule has 0 rings (SSSR count). The highest BCUT2D eigenvalue weighted by molar-refractivity contribution is 5.89. The van der Waals surface area contributed by atoms with Crippen molar-refractivity contribution in [2.75, 3.05) is 6.54 Å². The third kappa shape index (κ3) is 7.31. The molecule has 0 aromatic rings. The third-order valence-electron chi connectivity index (χ3n) is 2.47. The van der Waals surface area contributed by atoms with Crippen molar-refractivity contribution in [3.8, 4) is 0 Å². The molecule has 0 aromatic carbocycles. The van der Waals surface area contributed by atoms with E-state index in [2.05, 4.69) is 10.6 Å². The first-order valence-corrected chi connectivity index (χ1v) is 6.05. The SMILES string of the molecule is CC[C@H](NC(=O)CCC(N)C(=O)O)C(=O)NCC(=O)O. The number of nitrogens with two attached hydrogens (primary N) is 1. The second-order valence-corrected chi connectivity index (χ2v) is 4.12. The molecule has 114 valence electrons. The summed E-state index contributed by atoms with van der Waals surface area (Å²) in [6.07, 6.45) is 0.104. The number of carboxylic acid groups (broad SMARTS) is 2. The summed E-state index contributed by atoms with van der Waals surface area (Å²) < 4.78 is 0. The van der Waals surface area contributed by atoms with E-state index in [1.54, 1.807) is 6.92 Å². The Balaban J connectivity index is 4.21. The maximum atomic E-state index is 11.6. The lowest BCUT2D eigenvalue weighted by Gasteiger charge is -2.16. The normalized spacial score (nSPS) is 13.1. The molecule has 2 amide bonds. The molecular formula is C11H19N3O6. The van der Waals surface area contributed by atoms with Gasteiger partial charge in [0.05, 0.1) is 0 Å². The summed E-state index contributed by atoms with van der Waals surface area (Å²) in [6.45, 7) is 1.11. The Morgan fingerprint density at radius 1 is 1.20 bits per heavy atom. The molecule has 0 fully saturated rings. The molecule has 20 heavy (non-hydrogen) atoms. The van der Waals surface area contributed by atoms with Gasteiger partial charge in [-0.25, -0.2) is 0 Å². The zero-order valence-electron chi connectivity index (χ0n) is 11.1. The van der Waals surface area contributed by atoms with Crippen LogP contribution in [0.25, 0.3) is 0 Å².